The molecule has 1 heterocycles. The summed E-state index contributed by atoms with van der Waals surface area (Å²) < 4.78 is 2.31. The van der Waals surface area contributed by atoms with Gasteiger partial charge in [-0.15, -0.1) is 0 Å². The van der Waals surface area contributed by atoms with Crippen LogP contribution >= 0.6 is 0 Å². The molecule has 3 heteroatoms. The fourth-order valence-electron chi connectivity index (χ4n) is 2.61. The van der Waals surface area contributed by atoms with Crippen LogP contribution in [0.5, 0.6) is 0 Å². The summed E-state index contributed by atoms with van der Waals surface area (Å²) in [6, 6.07) is 0.722. The monoisotopic (exact) mass is 205 g/mol. The first kappa shape index (κ1) is 9.25. The van der Waals surface area contributed by atoms with E-state index in [0.717, 1.165) is 12.0 Å². The Hall–Kier alpha value is -0.990. The summed E-state index contributed by atoms with van der Waals surface area (Å²) in [4.78, 5) is 4.44. The van der Waals surface area contributed by atoms with Gasteiger partial charge in [0.05, 0.1) is 0 Å². The Morgan fingerprint density at radius 1 is 1.40 bits per heavy atom. The third-order valence-electron chi connectivity index (χ3n) is 3.73. The Balaban J connectivity index is 1.77. The number of nitrogens with one attached hydrogen (secondary N) is 1. The molecule has 0 spiro atoms. The van der Waals surface area contributed by atoms with Crippen molar-refractivity contribution in [3.8, 4) is 0 Å². The largest absolute Gasteiger partial charge is 0.350 e. The molecule has 0 bridgehead atoms. The van der Waals surface area contributed by atoms with Gasteiger partial charge in [-0.1, -0.05) is 12.8 Å². The van der Waals surface area contributed by atoms with Crippen molar-refractivity contribution in [3.05, 3.63) is 12.4 Å². The summed E-state index contributed by atoms with van der Waals surface area (Å²) in [5, 5.41) is 3.64. The molecule has 82 valence electrons. The Morgan fingerprint density at radius 2 is 2.13 bits per heavy atom. The van der Waals surface area contributed by atoms with Gasteiger partial charge in [-0.25, -0.2) is 4.98 Å². The van der Waals surface area contributed by atoms with E-state index >= 15 is 0 Å². The fourth-order valence-corrected chi connectivity index (χ4v) is 2.61. The predicted octanol–water partition coefficient (Wildman–Crippen LogP) is 2.96. The third kappa shape index (κ3) is 1.75. The number of hydrogen-bond donors (Lipinski definition) is 1. The van der Waals surface area contributed by atoms with E-state index in [0.29, 0.717) is 0 Å². The van der Waals surface area contributed by atoms with Crippen molar-refractivity contribution in [2.24, 2.45) is 0 Å². The van der Waals surface area contributed by atoms with Crippen LogP contribution in [0.15, 0.2) is 12.4 Å². The number of nitrogens with zero attached hydrogens (tertiary/aromatic N) is 2. The molecule has 1 N–H and O–H groups in total. The lowest BCUT2D eigenvalue weighted by molar-refractivity contribution is 0.522. The van der Waals surface area contributed by atoms with E-state index in [9.17, 15) is 0 Å². The first-order valence-electron chi connectivity index (χ1n) is 6.08. The van der Waals surface area contributed by atoms with Crippen molar-refractivity contribution in [2.75, 3.05) is 5.32 Å². The lowest BCUT2D eigenvalue weighted by atomic mass is 10.0. The fraction of sp³-hybridized carbons (Fsp3) is 0.750. The second kappa shape index (κ2) is 3.26. The van der Waals surface area contributed by atoms with Gasteiger partial charge in [-0.05, 0) is 32.6 Å². The molecule has 0 saturated heterocycles. The van der Waals surface area contributed by atoms with E-state index in [4.69, 9.17) is 0 Å². The summed E-state index contributed by atoms with van der Waals surface area (Å²) in [5.41, 5.74) is 0.290. The normalized spacial score (nSPS) is 24.3. The van der Waals surface area contributed by atoms with Crippen LogP contribution in [0.2, 0.25) is 0 Å². The second-order valence-corrected chi connectivity index (χ2v) is 5.28. The molecule has 2 fully saturated rings. The van der Waals surface area contributed by atoms with Crippen LogP contribution in [0.3, 0.4) is 0 Å². The summed E-state index contributed by atoms with van der Waals surface area (Å²) >= 11 is 0. The lowest BCUT2D eigenvalue weighted by Gasteiger charge is -2.26. The SMILES string of the molecule is CC1(Nc2nccn2C2CC2)CCCC1. The molecule has 0 radical (unpaired) electrons. The standard InChI is InChI=1S/C12H19N3/c1-12(6-2-3-7-12)14-11-13-8-9-15(11)10-4-5-10/h8-10H,2-7H2,1H3,(H,13,14). The molecule has 0 unspecified atom stereocenters. The molecule has 1 aromatic rings. The van der Waals surface area contributed by atoms with Crippen LogP contribution in [0, 0.1) is 0 Å². The summed E-state index contributed by atoms with van der Waals surface area (Å²) in [5.74, 6) is 1.09. The maximum absolute atomic E-state index is 4.44. The van der Waals surface area contributed by atoms with E-state index in [2.05, 4.69) is 28.0 Å². The molecule has 0 amide bonds. The molecular formula is C12H19N3. The van der Waals surface area contributed by atoms with Crippen LogP contribution in [0.4, 0.5) is 5.95 Å². The van der Waals surface area contributed by atoms with E-state index in [-0.39, 0.29) is 5.54 Å². The molecule has 0 atom stereocenters. The molecule has 15 heavy (non-hydrogen) atoms. The molecule has 1 aromatic heterocycles. The maximum atomic E-state index is 4.44. The average Bonchev–Trinajstić information content (AvgIpc) is 2.82. The minimum Gasteiger partial charge on any atom is -0.350 e. The quantitative estimate of drug-likeness (QED) is 0.822. The highest BCUT2D eigenvalue weighted by Gasteiger charge is 2.31. The zero-order chi connectivity index (χ0) is 10.3. The Bertz CT molecular complexity index is 346. The molecule has 2 aliphatic rings. The predicted molar refractivity (Wildman–Crippen MR) is 61.0 cm³/mol. The maximum Gasteiger partial charge on any atom is 0.203 e. The number of hydrogen-bond acceptors (Lipinski definition) is 2. The second-order valence-electron chi connectivity index (χ2n) is 5.28. The van der Waals surface area contributed by atoms with E-state index in [1.54, 1.807) is 0 Å². The molecular weight excluding hydrogens is 186 g/mol. The minimum atomic E-state index is 0.290. The zero-order valence-corrected chi connectivity index (χ0v) is 9.37. The van der Waals surface area contributed by atoms with Crippen molar-refractivity contribution in [1.29, 1.82) is 0 Å². The highest BCUT2D eigenvalue weighted by atomic mass is 15.2. The van der Waals surface area contributed by atoms with Gasteiger partial charge in [-0.2, -0.15) is 0 Å². The summed E-state index contributed by atoms with van der Waals surface area (Å²) in [6.45, 7) is 2.33. The zero-order valence-electron chi connectivity index (χ0n) is 9.37. The van der Waals surface area contributed by atoms with Gasteiger partial charge >= 0.3 is 0 Å². The van der Waals surface area contributed by atoms with Crippen molar-refractivity contribution in [3.63, 3.8) is 0 Å². The minimum absolute atomic E-state index is 0.290. The van der Waals surface area contributed by atoms with Crippen LogP contribution in [-0.2, 0) is 0 Å². The van der Waals surface area contributed by atoms with Gasteiger partial charge in [0, 0.05) is 24.0 Å². The van der Waals surface area contributed by atoms with Crippen molar-refractivity contribution >= 4 is 5.95 Å². The molecule has 0 aliphatic heterocycles. The first-order chi connectivity index (χ1) is 7.27. The van der Waals surface area contributed by atoms with Crippen LogP contribution in [0.1, 0.15) is 51.5 Å². The van der Waals surface area contributed by atoms with Crippen LogP contribution in [0.25, 0.3) is 0 Å². The molecule has 3 rings (SSSR count). The Kier molecular flexibility index (Phi) is 2.01. The van der Waals surface area contributed by atoms with E-state index in [1.165, 1.54) is 38.5 Å². The number of imidazole rings is 1. The number of rotatable bonds is 3. The van der Waals surface area contributed by atoms with Gasteiger partial charge in [0.2, 0.25) is 5.95 Å². The number of aromatic nitrogens is 2. The molecule has 2 saturated carbocycles. The van der Waals surface area contributed by atoms with E-state index in [1.807, 2.05) is 6.20 Å². The van der Waals surface area contributed by atoms with Crippen LogP contribution < -0.4 is 5.32 Å². The van der Waals surface area contributed by atoms with Gasteiger partial charge in [-0.3, -0.25) is 0 Å². The molecule has 0 aromatic carbocycles. The highest BCUT2D eigenvalue weighted by Crippen LogP contribution is 2.38. The van der Waals surface area contributed by atoms with Crippen molar-refractivity contribution in [2.45, 2.75) is 57.0 Å². The highest BCUT2D eigenvalue weighted by molar-refractivity contribution is 5.32. The van der Waals surface area contributed by atoms with Crippen LogP contribution in [-0.4, -0.2) is 15.1 Å². The lowest BCUT2D eigenvalue weighted by Crippen LogP contribution is -2.32. The average molecular weight is 205 g/mol. The summed E-state index contributed by atoms with van der Waals surface area (Å²) in [6.07, 6.45) is 11.9. The smallest absolute Gasteiger partial charge is 0.203 e. The Labute approximate surface area is 90.9 Å². The summed E-state index contributed by atoms with van der Waals surface area (Å²) in [7, 11) is 0. The van der Waals surface area contributed by atoms with Gasteiger partial charge in [0.1, 0.15) is 0 Å². The first-order valence-corrected chi connectivity index (χ1v) is 6.08. The van der Waals surface area contributed by atoms with Crippen molar-refractivity contribution < 1.29 is 0 Å². The Morgan fingerprint density at radius 3 is 2.80 bits per heavy atom. The van der Waals surface area contributed by atoms with Gasteiger partial charge in [0.25, 0.3) is 0 Å². The number of anilines is 1. The molecule has 3 nitrogen and oxygen atoms in total. The van der Waals surface area contributed by atoms with E-state index < -0.39 is 0 Å². The van der Waals surface area contributed by atoms with Crippen molar-refractivity contribution in [1.82, 2.24) is 9.55 Å². The van der Waals surface area contributed by atoms with Gasteiger partial charge in [0.15, 0.2) is 0 Å². The van der Waals surface area contributed by atoms with Gasteiger partial charge < -0.3 is 9.88 Å². The molecule has 2 aliphatic carbocycles. The topological polar surface area (TPSA) is 29.9 Å². The third-order valence-corrected chi connectivity index (χ3v) is 3.73.